The number of nitrogens with one attached hydrogen (secondary N) is 1. The van der Waals surface area contributed by atoms with Gasteiger partial charge in [-0.1, -0.05) is 17.3 Å². The number of benzene rings is 2. The van der Waals surface area contributed by atoms with Crippen molar-refractivity contribution in [1.29, 1.82) is 0 Å². The maximum atomic E-state index is 5.22. The van der Waals surface area contributed by atoms with Crippen LogP contribution in [0.1, 0.15) is 5.56 Å². The molecule has 0 spiro atoms. The Kier molecular flexibility index (Phi) is 3.55. The lowest BCUT2D eigenvalue weighted by molar-refractivity contribution is 0.415. The van der Waals surface area contributed by atoms with Gasteiger partial charge in [0.1, 0.15) is 5.75 Å². The van der Waals surface area contributed by atoms with Crippen LogP contribution in [0.3, 0.4) is 0 Å². The normalized spacial score (nSPS) is 10.4. The van der Waals surface area contributed by atoms with Crippen LogP contribution in [0.25, 0.3) is 11.4 Å². The van der Waals surface area contributed by atoms with Gasteiger partial charge in [0.15, 0.2) is 0 Å². The summed E-state index contributed by atoms with van der Waals surface area (Å²) in [6.07, 6.45) is 0. The molecule has 0 amide bonds. The Bertz CT molecular complexity index is 735. The Morgan fingerprint density at radius 3 is 2.62 bits per heavy atom. The first kappa shape index (κ1) is 13.2. The van der Waals surface area contributed by atoms with Gasteiger partial charge in [0, 0.05) is 11.3 Å². The zero-order valence-electron chi connectivity index (χ0n) is 11.8. The molecule has 0 aliphatic heterocycles. The van der Waals surface area contributed by atoms with E-state index in [0.717, 1.165) is 22.6 Å². The van der Waals surface area contributed by atoms with E-state index in [1.807, 2.05) is 55.5 Å². The number of hydrogen-bond acceptors (Lipinski definition) is 5. The maximum absolute atomic E-state index is 5.22. The van der Waals surface area contributed by atoms with Gasteiger partial charge in [-0.3, -0.25) is 0 Å². The number of hydrogen-bond donors (Lipinski definition) is 1. The smallest absolute Gasteiger partial charge is 0.326 e. The van der Waals surface area contributed by atoms with Crippen LogP contribution >= 0.6 is 0 Å². The van der Waals surface area contributed by atoms with E-state index in [-0.39, 0.29) is 0 Å². The number of aromatic nitrogens is 2. The summed E-state index contributed by atoms with van der Waals surface area (Å²) in [5.41, 5.74) is 2.95. The van der Waals surface area contributed by atoms with E-state index >= 15 is 0 Å². The van der Waals surface area contributed by atoms with Crippen molar-refractivity contribution in [2.45, 2.75) is 6.92 Å². The van der Waals surface area contributed by atoms with Gasteiger partial charge in [-0.25, -0.2) is 0 Å². The van der Waals surface area contributed by atoms with Gasteiger partial charge >= 0.3 is 6.01 Å². The largest absolute Gasteiger partial charge is 0.497 e. The van der Waals surface area contributed by atoms with Crippen LogP contribution < -0.4 is 10.1 Å². The van der Waals surface area contributed by atoms with Gasteiger partial charge in [-0.15, -0.1) is 0 Å². The third kappa shape index (κ3) is 3.02. The molecule has 0 saturated carbocycles. The molecule has 1 N–H and O–H groups in total. The summed E-state index contributed by atoms with van der Waals surface area (Å²) < 4.78 is 10.3. The highest BCUT2D eigenvalue weighted by molar-refractivity contribution is 5.59. The lowest BCUT2D eigenvalue weighted by Gasteiger charge is -2.01. The monoisotopic (exact) mass is 281 g/mol. The quantitative estimate of drug-likeness (QED) is 0.788. The highest BCUT2D eigenvalue weighted by Gasteiger charge is 2.08. The van der Waals surface area contributed by atoms with Gasteiger partial charge in [0.25, 0.3) is 0 Å². The first-order valence-corrected chi connectivity index (χ1v) is 6.56. The molecule has 0 fully saturated rings. The first-order valence-electron chi connectivity index (χ1n) is 6.56. The minimum absolute atomic E-state index is 0.367. The zero-order chi connectivity index (χ0) is 14.7. The molecule has 2 aromatic carbocycles. The molecule has 3 aromatic rings. The number of nitrogens with zero attached hydrogens (tertiary/aromatic N) is 2. The van der Waals surface area contributed by atoms with E-state index in [9.17, 15) is 0 Å². The molecule has 0 bridgehead atoms. The number of aryl methyl sites for hydroxylation is 1. The molecule has 0 aliphatic rings. The average molecular weight is 281 g/mol. The Morgan fingerprint density at radius 1 is 1.10 bits per heavy atom. The van der Waals surface area contributed by atoms with Crippen LogP contribution in [-0.4, -0.2) is 17.3 Å². The number of methoxy groups -OCH3 is 1. The van der Waals surface area contributed by atoms with Crippen molar-refractivity contribution in [1.82, 2.24) is 10.1 Å². The summed E-state index contributed by atoms with van der Waals surface area (Å²) in [6.45, 7) is 2.03. The minimum atomic E-state index is 0.367. The predicted octanol–water partition coefficient (Wildman–Crippen LogP) is 3.80. The Morgan fingerprint density at radius 2 is 1.90 bits per heavy atom. The van der Waals surface area contributed by atoms with Gasteiger partial charge in [-0.2, -0.15) is 4.98 Å². The molecular weight excluding hydrogens is 266 g/mol. The van der Waals surface area contributed by atoms with Crippen molar-refractivity contribution >= 4 is 11.7 Å². The molecule has 21 heavy (non-hydrogen) atoms. The Labute approximate surface area is 122 Å². The van der Waals surface area contributed by atoms with Crippen LogP contribution in [0.4, 0.5) is 11.7 Å². The first-order chi connectivity index (χ1) is 10.2. The number of anilines is 2. The maximum Gasteiger partial charge on any atom is 0.326 e. The fraction of sp³-hybridized carbons (Fsp3) is 0.125. The lowest BCUT2D eigenvalue weighted by Crippen LogP contribution is -1.90. The van der Waals surface area contributed by atoms with Gasteiger partial charge in [0.05, 0.1) is 7.11 Å². The second kappa shape index (κ2) is 5.66. The molecule has 0 unspecified atom stereocenters. The van der Waals surface area contributed by atoms with Gasteiger partial charge < -0.3 is 14.6 Å². The van der Waals surface area contributed by atoms with Crippen LogP contribution in [0, 0.1) is 6.92 Å². The van der Waals surface area contributed by atoms with E-state index in [1.165, 1.54) is 0 Å². The standard InChI is InChI=1S/C16H15N3O2/c1-11-4-3-5-13(10-11)17-16-18-15(19-21-16)12-6-8-14(20-2)9-7-12/h3-10H,1-2H3,(H,17,18,19). The SMILES string of the molecule is COc1ccc(-c2noc(Nc3cccc(C)c3)n2)cc1. The van der Waals surface area contributed by atoms with Gasteiger partial charge in [0.2, 0.25) is 5.82 Å². The third-order valence-electron chi connectivity index (χ3n) is 3.04. The van der Waals surface area contributed by atoms with Crippen LogP contribution in [-0.2, 0) is 0 Å². The fourth-order valence-electron chi connectivity index (χ4n) is 1.98. The van der Waals surface area contributed by atoms with Crippen LogP contribution in [0.15, 0.2) is 53.1 Å². The van der Waals surface area contributed by atoms with E-state index in [2.05, 4.69) is 15.5 Å². The highest BCUT2D eigenvalue weighted by Crippen LogP contribution is 2.22. The Hall–Kier alpha value is -2.82. The second-order valence-electron chi connectivity index (χ2n) is 4.65. The number of rotatable bonds is 4. The van der Waals surface area contributed by atoms with Crippen molar-refractivity contribution in [2.24, 2.45) is 0 Å². The predicted molar refractivity (Wildman–Crippen MR) is 80.7 cm³/mol. The molecule has 1 aromatic heterocycles. The van der Waals surface area contributed by atoms with Crippen molar-refractivity contribution in [2.75, 3.05) is 12.4 Å². The summed E-state index contributed by atoms with van der Waals surface area (Å²) in [4.78, 5) is 4.33. The van der Waals surface area contributed by atoms with E-state index in [4.69, 9.17) is 9.26 Å². The molecule has 0 saturated heterocycles. The molecule has 106 valence electrons. The zero-order valence-corrected chi connectivity index (χ0v) is 11.8. The minimum Gasteiger partial charge on any atom is -0.497 e. The molecule has 5 heteroatoms. The fourth-order valence-corrected chi connectivity index (χ4v) is 1.98. The van der Waals surface area contributed by atoms with Crippen molar-refractivity contribution < 1.29 is 9.26 Å². The van der Waals surface area contributed by atoms with Crippen molar-refractivity contribution in [3.05, 3.63) is 54.1 Å². The van der Waals surface area contributed by atoms with Crippen molar-refractivity contribution in [3.63, 3.8) is 0 Å². The van der Waals surface area contributed by atoms with Gasteiger partial charge in [-0.05, 0) is 48.9 Å². The summed E-state index contributed by atoms with van der Waals surface area (Å²) in [6, 6.07) is 15.8. The summed E-state index contributed by atoms with van der Waals surface area (Å²) in [5, 5.41) is 7.06. The summed E-state index contributed by atoms with van der Waals surface area (Å²) in [5.74, 6) is 1.33. The van der Waals surface area contributed by atoms with Crippen molar-refractivity contribution in [3.8, 4) is 17.1 Å². The lowest BCUT2D eigenvalue weighted by atomic mass is 10.2. The Balaban J connectivity index is 1.79. The van der Waals surface area contributed by atoms with E-state index in [0.29, 0.717) is 11.8 Å². The van der Waals surface area contributed by atoms with Crippen LogP contribution in [0.2, 0.25) is 0 Å². The molecule has 1 heterocycles. The molecule has 0 atom stereocenters. The summed E-state index contributed by atoms with van der Waals surface area (Å²) in [7, 11) is 1.63. The van der Waals surface area contributed by atoms with Crippen LogP contribution in [0.5, 0.6) is 5.75 Å². The summed E-state index contributed by atoms with van der Waals surface area (Å²) >= 11 is 0. The molecule has 0 aliphatic carbocycles. The molecular formula is C16H15N3O2. The third-order valence-corrected chi connectivity index (χ3v) is 3.04. The molecule has 0 radical (unpaired) electrons. The number of ether oxygens (including phenoxy) is 1. The topological polar surface area (TPSA) is 60.2 Å². The highest BCUT2D eigenvalue weighted by atomic mass is 16.5. The molecule has 3 rings (SSSR count). The molecule has 5 nitrogen and oxygen atoms in total. The second-order valence-corrected chi connectivity index (χ2v) is 4.65. The van der Waals surface area contributed by atoms with E-state index in [1.54, 1.807) is 7.11 Å². The average Bonchev–Trinajstić information content (AvgIpc) is 2.96. The van der Waals surface area contributed by atoms with E-state index < -0.39 is 0 Å².